The predicted octanol–water partition coefficient (Wildman–Crippen LogP) is 1.96. The molecule has 1 aromatic heterocycles. The normalized spacial score (nSPS) is 28.6. The van der Waals surface area contributed by atoms with Crippen LogP contribution in [0.4, 0.5) is 0 Å². The molecule has 1 atom stereocenters. The van der Waals surface area contributed by atoms with E-state index < -0.39 is 0 Å². The van der Waals surface area contributed by atoms with Crippen LogP contribution in [0.3, 0.4) is 0 Å². The van der Waals surface area contributed by atoms with E-state index in [0.29, 0.717) is 6.54 Å². The van der Waals surface area contributed by atoms with Gasteiger partial charge in [0.15, 0.2) is 0 Å². The first-order valence-electron chi connectivity index (χ1n) is 9.79. The van der Waals surface area contributed by atoms with Gasteiger partial charge < -0.3 is 14.2 Å². The highest BCUT2D eigenvalue weighted by atomic mass is 16.3. The minimum absolute atomic E-state index is 0.0701. The molecule has 0 saturated carbocycles. The van der Waals surface area contributed by atoms with E-state index in [1.165, 1.54) is 0 Å². The summed E-state index contributed by atoms with van der Waals surface area (Å²) < 4.78 is 5.49. The average Bonchev–Trinajstić information content (AvgIpc) is 3.32. The molecule has 3 aliphatic rings. The molecule has 6 nitrogen and oxygen atoms in total. The number of carbonyl (C=O) groups is 2. The minimum atomic E-state index is -0.370. The van der Waals surface area contributed by atoms with E-state index in [1.54, 1.807) is 13.2 Å². The Morgan fingerprint density at radius 2 is 1.96 bits per heavy atom. The summed E-state index contributed by atoms with van der Waals surface area (Å²) in [5.41, 5.74) is -0.440. The molecule has 0 aliphatic carbocycles. The summed E-state index contributed by atoms with van der Waals surface area (Å²) in [7, 11) is 0. The van der Waals surface area contributed by atoms with Crippen LogP contribution >= 0.6 is 0 Å². The van der Waals surface area contributed by atoms with Crippen molar-refractivity contribution in [3.05, 3.63) is 24.2 Å². The maximum Gasteiger partial charge on any atom is 0.231 e. The van der Waals surface area contributed by atoms with Gasteiger partial charge >= 0.3 is 0 Å². The van der Waals surface area contributed by atoms with Crippen LogP contribution in [0.5, 0.6) is 0 Å². The summed E-state index contributed by atoms with van der Waals surface area (Å²) in [5.74, 6) is 1.37. The Bertz CT molecular complexity index is 678. The molecule has 1 aromatic rings. The van der Waals surface area contributed by atoms with Crippen molar-refractivity contribution < 1.29 is 14.0 Å². The molecule has 0 N–H and O–H groups in total. The molecular weight excluding hydrogens is 330 g/mol. The molecule has 3 fully saturated rings. The number of hydrogen-bond donors (Lipinski definition) is 0. The van der Waals surface area contributed by atoms with Crippen molar-refractivity contribution in [3.8, 4) is 0 Å². The summed E-state index contributed by atoms with van der Waals surface area (Å²) in [6, 6.07) is 3.94. The molecule has 3 saturated heterocycles. The second-order valence-electron chi connectivity index (χ2n) is 8.23. The first kappa shape index (κ1) is 17.6. The molecule has 2 amide bonds. The van der Waals surface area contributed by atoms with Gasteiger partial charge in [0.1, 0.15) is 5.76 Å². The Hall–Kier alpha value is -1.82. The van der Waals surface area contributed by atoms with Crippen molar-refractivity contribution in [3.63, 3.8) is 0 Å². The number of rotatable bonds is 3. The van der Waals surface area contributed by atoms with Gasteiger partial charge in [-0.05, 0) is 51.4 Å². The maximum atomic E-state index is 13.3. The Labute approximate surface area is 155 Å². The van der Waals surface area contributed by atoms with Crippen molar-refractivity contribution in [1.82, 2.24) is 14.7 Å². The third-order valence-corrected chi connectivity index (χ3v) is 7.07. The van der Waals surface area contributed by atoms with Gasteiger partial charge in [-0.2, -0.15) is 0 Å². The van der Waals surface area contributed by atoms with Crippen LogP contribution in [0.1, 0.15) is 38.9 Å². The van der Waals surface area contributed by atoms with Gasteiger partial charge in [0, 0.05) is 38.5 Å². The van der Waals surface area contributed by atoms with E-state index in [0.717, 1.165) is 64.3 Å². The van der Waals surface area contributed by atoms with Gasteiger partial charge in [-0.15, -0.1) is 0 Å². The van der Waals surface area contributed by atoms with Gasteiger partial charge in [-0.1, -0.05) is 0 Å². The standard InChI is InChI=1S/C20H29N3O3/c1-3-22-11-8-20(18(22)25)15-23(16(2)24)14-19(20)6-9-21(10-7-19)13-17-5-4-12-26-17/h4-5,12H,3,6-11,13-15H2,1-2H3/t20-/m0/s1. The lowest BCUT2D eigenvalue weighted by molar-refractivity contribution is -0.142. The lowest BCUT2D eigenvalue weighted by Gasteiger charge is -2.46. The van der Waals surface area contributed by atoms with Crippen molar-refractivity contribution in [2.24, 2.45) is 10.8 Å². The fourth-order valence-electron chi connectivity index (χ4n) is 5.46. The summed E-state index contributed by atoms with van der Waals surface area (Å²) in [6.07, 6.45) is 4.55. The van der Waals surface area contributed by atoms with E-state index >= 15 is 0 Å². The fraction of sp³-hybridized carbons (Fsp3) is 0.700. The first-order valence-corrected chi connectivity index (χ1v) is 9.79. The van der Waals surface area contributed by atoms with Gasteiger partial charge in [0.2, 0.25) is 11.8 Å². The molecule has 2 spiro atoms. The third kappa shape index (κ3) is 2.57. The minimum Gasteiger partial charge on any atom is -0.468 e. The van der Waals surface area contributed by atoms with E-state index in [4.69, 9.17) is 4.42 Å². The van der Waals surface area contributed by atoms with E-state index in [9.17, 15) is 9.59 Å². The monoisotopic (exact) mass is 359 g/mol. The highest BCUT2D eigenvalue weighted by molar-refractivity contribution is 5.88. The molecule has 6 heteroatoms. The topological polar surface area (TPSA) is 57.0 Å². The zero-order valence-electron chi connectivity index (χ0n) is 15.9. The number of carbonyl (C=O) groups excluding carboxylic acids is 2. The van der Waals surface area contributed by atoms with Crippen LogP contribution in [0, 0.1) is 10.8 Å². The SMILES string of the molecule is CCN1CC[C@]2(CN(C(C)=O)CC23CCN(Cc2ccco2)CC3)C1=O. The van der Waals surface area contributed by atoms with Crippen molar-refractivity contribution in [2.75, 3.05) is 39.3 Å². The van der Waals surface area contributed by atoms with Crippen LogP contribution < -0.4 is 0 Å². The van der Waals surface area contributed by atoms with Crippen LogP contribution in [-0.4, -0.2) is 65.8 Å². The summed E-state index contributed by atoms with van der Waals surface area (Å²) in [4.78, 5) is 31.7. The molecule has 3 aliphatic heterocycles. The molecule has 0 unspecified atom stereocenters. The summed E-state index contributed by atoms with van der Waals surface area (Å²) in [6.45, 7) is 9.35. The molecule has 0 aromatic carbocycles. The van der Waals surface area contributed by atoms with Crippen LogP contribution in [0.15, 0.2) is 22.8 Å². The summed E-state index contributed by atoms with van der Waals surface area (Å²) in [5, 5.41) is 0. The number of furan rings is 1. The highest BCUT2D eigenvalue weighted by Gasteiger charge is 2.65. The lowest BCUT2D eigenvalue weighted by atomic mass is 9.60. The van der Waals surface area contributed by atoms with E-state index in [1.807, 2.05) is 28.9 Å². The van der Waals surface area contributed by atoms with Gasteiger partial charge in [-0.25, -0.2) is 0 Å². The lowest BCUT2D eigenvalue weighted by Crippen LogP contribution is -2.52. The number of piperidine rings is 1. The van der Waals surface area contributed by atoms with Gasteiger partial charge in [-0.3, -0.25) is 14.5 Å². The molecule has 4 rings (SSSR count). The van der Waals surface area contributed by atoms with Gasteiger partial charge in [0.05, 0.1) is 18.2 Å². The molecule has 142 valence electrons. The van der Waals surface area contributed by atoms with Crippen molar-refractivity contribution >= 4 is 11.8 Å². The number of nitrogens with zero attached hydrogens (tertiary/aromatic N) is 3. The number of amides is 2. The first-order chi connectivity index (χ1) is 12.5. The Balaban J connectivity index is 1.55. The Morgan fingerprint density at radius 3 is 2.54 bits per heavy atom. The molecule has 4 heterocycles. The number of likely N-dealkylation sites (tertiary alicyclic amines) is 3. The second-order valence-corrected chi connectivity index (χ2v) is 8.23. The smallest absolute Gasteiger partial charge is 0.231 e. The average molecular weight is 359 g/mol. The van der Waals surface area contributed by atoms with Crippen LogP contribution in [0.25, 0.3) is 0 Å². The van der Waals surface area contributed by atoms with Crippen molar-refractivity contribution in [1.29, 1.82) is 0 Å². The Kier molecular flexibility index (Phi) is 4.34. The largest absolute Gasteiger partial charge is 0.468 e. The molecular formula is C20H29N3O3. The zero-order chi connectivity index (χ0) is 18.4. The second kappa shape index (κ2) is 6.41. The molecule has 0 bridgehead atoms. The fourth-order valence-corrected chi connectivity index (χ4v) is 5.46. The molecule has 26 heavy (non-hydrogen) atoms. The quantitative estimate of drug-likeness (QED) is 0.828. The van der Waals surface area contributed by atoms with Crippen molar-refractivity contribution in [2.45, 2.75) is 39.7 Å². The number of fused-ring (bicyclic) bond motifs is 1. The van der Waals surface area contributed by atoms with E-state index in [-0.39, 0.29) is 22.6 Å². The molecule has 0 radical (unpaired) electrons. The van der Waals surface area contributed by atoms with E-state index in [2.05, 4.69) is 4.90 Å². The predicted molar refractivity (Wildman–Crippen MR) is 97.2 cm³/mol. The third-order valence-electron chi connectivity index (χ3n) is 7.07. The Morgan fingerprint density at radius 1 is 1.19 bits per heavy atom. The number of hydrogen-bond acceptors (Lipinski definition) is 4. The maximum absolute atomic E-state index is 13.3. The summed E-state index contributed by atoms with van der Waals surface area (Å²) >= 11 is 0. The van der Waals surface area contributed by atoms with Crippen LogP contribution in [0.2, 0.25) is 0 Å². The highest BCUT2D eigenvalue weighted by Crippen LogP contribution is 2.57. The van der Waals surface area contributed by atoms with Crippen LogP contribution in [-0.2, 0) is 16.1 Å². The zero-order valence-corrected chi connectivity index (χ0v) is 15.9. The van der Waals surface area contributed by atoms with Gasteiger partial charge in [0.25, 0.3) is 0 Å².